The molecule has 0 radical (unpaired) electrons. The van der Waals surface area contributed by atoms with Gasteiger partial charge in [0.1, 0.15) is 6.10 Å². The van der Waals surface area contributed by atoms with E-state index < -0.39 is 6.10 Å². The molecular weight excluding hydrogens is 346 g/mol. The topological polar surface area (TPSA) is 64.7 Å². The van der Waals surface area contributed by atoms with Crippen LogP contribution in [0.4, 0.5) is 0 Å². The minimum Gasteiger partial charge on any atom is -0.493 e. The molecule has 1 aromatic carbocycles. The summed E-state index contributed by atoms with van der Waals surface area (Å²) in [4.78, 5) is 0. The van der Waals surface area contributed by atoms with Crippen molar-refractivity contribution in [2.24, 2.45) is 5.73 Å². The van der Waals surface area contributed by atoms with Gasteiger partial charge < -0.3 is 20.3 Å². The predicted octanol–water partition coefficient (Wildman–Crippen LogP) is 2.44. The van der Waals surface area contributed by atoms with E-state index in [9.17, 15) is 5.11 Å². The highest BCUT2D eigenvalue weighted by atomic mass is 79.9. The molecule has 4 rings (SSSR count). The van der Waals surface area contributed by atoms with Crippen LogP contribution in [0.5, 0.6) is 11.5 Å². The fourth-order valence-corrected chi connectivity index (χ4v) is 4.77. The molecule has 4 nitrogen and oxygen atoms in total. The second-order valence-corrected chi connectivity index (χ2v) is 7.41. The molecule has 0 fully saturated rings. The lowest BCUT2D eigenvalue weighted by Gasteiger charge is -2.35. The lowest BCUT2D eigenvalue weighted by atomic mass is 9.69. The second-order valence-electron chi connectivity index (χ2n) is 6.56. The number of methoxy groups -OCH3 is 1. The van der Waals surface area contributed by atoms with Crippen LogP contribution in [0.15, 0.2) is 22.7 Å². The average molecular weight is 366 g/mol. The van der Waals surface area contributed by atoms with Crippen LogP contribution in [0, 0.1) is 0 Å². The molecule has 0 saturated carbocycles. The molecule has 5 heteroatoms. The quantitative estimate of drug-likeness (QED) is 0.750. The van der Waals surface area contributed by atoms with Crippen LogP contribution in [0.1, 0.15) is 30.4 Å². The maximum absolute atomic E-state index is 10.0. The lowest BCUT2D eigenvalue weighted by Crippen LogP contribution is -2.42. The zero-order chi connectivity index (χ0) is 15.5. The highest BCUT2D eigenvalue weighted by Crippen LogP contribution is 2.57. The fourth-order valence-electron chi connectivity index (χ4n) is 4.20. The second kappa shape index (κ2) is 4.98. The normalized spacial score (nSPS) is 35.4. The van der Waals surface area contributed by atoms with Gasteiger partial charge in [0, 0.05) is 22.5 Å². The van der Waals surface area contributed by atoms with Gasteiger partial charge in [-0.3, -0.25) is 0 Å². The van der Waals surface area contributed by atoms with Gasteiger partial charge in [-0.2, -0.15) is 0 Å². The molecule has 1 aromatic rings. The van der Waals surface area contributed by atoms with Gasteiger partial charge in [0.15, 0.2) is 11.5 Å². The first-order valence-electron chi connectivity index (χ1n) is 7.74. The SMILES string of the molecule is COc1cc(Br)c2c3c1O[C@H]1C[C@@H](O)C=C[C@@]31CC[C@H](N)C2. The molecule has 0 saturated heterocycles. The molecule has 1 spiro atoms. The molecule has 0 aromatic heterocycles. The molecule has 1 aliphatic heterocycles. The summed E-state index contributed by atoms with van der Waals surface area (Å²) in [5.74, 6) is 1.58. The summed E-state index contributed by atoms with van der Waals surface area (Å²) in [5.41, 5.74) is 8.55. The van der Waals surface area contributed by atoms with Crippen molar-refractivity contribution < 1.29 is 14.6 Å². The van der Waals surface area contributed by atoms with Crippen LogP contribution in [-0.4, -0.2) is 30.5 Å². The third-order valence-corrected chi connectivity index (χ3v) is 5.99. The summed E-state index contributed by atoms with van der Waals surface area (Å²) in [6.07, 6.45) is 6.90. The maximum atomic E-state index is 10.0. The van der Waals surface area contributed by atoms with Crippen molar-refractivity contribution in [3.8, 4) is 11.5 Å². The van der Waals surface area contributed by atoms with Gasteiger partial charge in [0.05, 0.1) is 18.6 Å². The minimum atomic E-state index is -0.445. The third kappa shape index (κ3) is 1.88. The standard InChI is InChI=1S/C17H20BrNO3/c1-21-13-8-12(18)11-6-9(19)2-4-17-5-3-10(20)7-14(17)22-16(13)15(11)17/h3,5,8-10,14,20H,2,4,6-7,19H2,1H3/t9-,10-,14-,17+/m0/s1. The van der Waals surface area contributed by atoms with Crippen molar-refractivity contribution in [2.75, 3.05) is 7.11 Å². The summed E-state index contributed by atoms with van der Waals surface area (Å²) in [7, 11) is 1.66. The van der Waals surface area contributed by atoms with Crippen LogP contribution in [0.3, 0.4) is 0 Å². The number of benzene rings is 1. The first-order chi connectivity index (χ1) is 10.5. The molecular formula is C17H20BrNO3. The first-order valence-corrected chi connectivity index (χ1v) is 8.54. The zero-order valence-corrected chi connectivity index (χ0v) is 14.1. The van der Waals surface area contributed by atoms with Crippen LogP contribution >= 0.6 is 15.9 Å². The Morgan fingerprint density at radius 1 is 1.50 bits per heavy atom. The molecule has 1 heterocycles. The Morgan fingerprint density at radius 2 is 2.32 bits per heavy atom. The van der Waals surface area contributed by atoms with E-state index in [1.54, 1.807) is 7.11 Å². The monoisotopic (exact) mass is 365 g/mol. The Kier molecular flexibility index (Phi) is 3.29. The number of hydrogen-bond donors (Lipinski definition) is 2. The van der Waals surface area contributed by atoms with Crippen LogP contribution < -0.4 is 15.2 Å². The van der Waals surface area contributed by atoms with Crippen molar-refractivity contribution in [1.29, 1.82) is 0 Å². The highest BCUT2D eigenvalue weighted by Gasteiger charge is 2.53. The average Bonchev–Trinajstić information content (AvgIpc) is 2.74. The van der Waals surface area contributed by atoms with Crippen molar-refractivity contribution in [3.05, 3.63) is 33.8 Å². The minimum absolute atomic E-state index is 0.0465. The summed E-state index contributed by atoms with van der Waals surface area (Å²) in [5, 5.41) is 10.0. The van der Waals surface area contributed by atoms with Gasteiger partial charge in [0.25, 0.3) is 0 Å². The number of ether oxygens (including phenoxy) is 2. The van der Waals surface area contributed by atoms with E-state index >= 15 is 0 Å². The number of rotatable bonds is 1. The van der Waals surface area contributed by atoms with Crippen LogP contribution in [-0.2, 0) is 11.8 Å². The zero-order valence-electron chi connectivity index (χ0n) is 12.5. The highest BCUT2D eigenvalue weighted by molar-refractivity contribution is 9.10. The van der Waals surface area contributed by atoms with Gasteiger partial charge in [-0.1, -0.05) is 28.1 Å². The smallest absolute Gasteiger partial charge is 0.166 e. The third-order valence-electron chi connectivity index (χ3n) is 5.29. The fraction of sp³-hybridized carbons (Fsp3) is 0.529. The number of aliphatic hydroxyl groups excluding tert-OH is 1. The van der Waals surface area contributed by atoms with Gasteiger partial charge in [-0.15, -0.1) is 0 Å². The molecule has 0 bridgehead atoms. The van der Waals surface area contributed by atoms with Crippen molar-refractivity contribution in [3.63, 3.8) is 0 Å². The molecule has 0 amide bonds. The molecule has 3 aliphatic rings. The Hall–Kier alpha value is -1.04. The lowest BCUT2D eigenvalue weighted by molar-refractivity contribution is 0.0838. The largest absolute Gasteiger partial charge is 0.493 e. The van der Waals surface area contributed by atoms with Crippen LogP contribution in [0.25, 0.3) is 0 Å². The van der Waals surface area contributed by atoms with Crippen molar-refractivity contribution >= 4 is 15.9 Å². The summed E-state index contributed by atoms with van der Waals surface area (Å²) in [6.45, 7) is 0. The van der Waals surface area contributed by atoms with Gasteiger partial charge in [0.2, 0.25) is 0 Å². The molecule has 22 heavy (non-hydrogen) atoms. The van der Waals surface area contributed by atoms with E-state index in [1.807, 2.05) is 12.1 Å². The van der Waals surface area contributed by atoms with E-state index in [4.69, 9.17) is 15.2 Å². The van der Waals surface area contributed by atoms with Crippen LogP contribution in [0.2, 0.25) is 0 Å². The van der Waals surface area contributed by atoms with Crippen molar-refractivity contribution in [2.45, 2.75) is 49.3 Å². The van der Waals surface area contributed by atoms with Gasteiger partial charge >= 0.3 is 0 Å². The Balaban J connectivity index is 2.00. The summed E-state index contributed by atoms with van der Waals surface area (Å²) < 4.78 is 12.8. The number of hydrogen-bond acceptors (Lipinski definition) is 4. The summed E-state index contributed by atoms with van der Waals surface area (Å²) in [6, 6.07) is 2.12. The summed E-state index contributed by atoms with van der Waals surface area (Å²) >= 11 is 3.69. The van der Waals surface area contributed by atoms with E-state index in [0.29, 0.717) is 6.42 Å². The number of nitrogens with two attached hydrogens (primary N) is 1. The molecule has 3 N–H and O–H groups in total. The number of aliphatic hydroxyl groups is 1. The van der Waals surface area contributed by atoms with E-state index in [2.05, 4.69) is 22.0 Å². The Bertz CT molecular complexity index is 660. The predicted molar refractivity (Wildman–Crippen MR) is 87.5 cm³/mol. The van der Waals surface area contributed by atoms with Gasteiger partial charge in [-0.25, -0.2) is 0 Å². The molecule has 4 atom stereocenters. The first kappa shape index (κ1) is 14.5. The van der Waals surface area contributed by atoms with E-state index in [1.165, 1.54) is 11.1 Å². The molecule has 2 aliphatic carbocycles. The molecule has 0 unspecified atom stereocenters. The van der Waals surface area contributed by atoms with E-state index in [0.717, 1.165) is 35.2 Å². The Morgan fingerprint density at radius 3 is 3.09 bits per heavy atom. The maximum Gasteiger partial charge on any atom is 0.166 e. The van der Waals surface area contributed by atoms with E-state index in [-0.39, 0.29) is 17.6 Å². The molecule has 118 valence electrons. The van der Waals surface area contributed by atoms with Crippen molar-refractivity contribution in [1.82, 2.24) is 0 Å². The number of halogens is 1. The van der Waals surface area contributed by atoms with Gasteiger partial charge in [-0.05, 0) is 30.9 Å². The Labute approximate surface area is 138 Å².